The Bertz CT molecular complexity index is 1110. The zero-order chi connectivity index (χ0) is 20.2. The Kier molecular flexibility index (Phi) is 5.33. The highest BCUT2D eigenvalue weighted by atomic mass is 16.5. The van der Waals surface area contributed by atoms with Crippen LogP contribution in [0.3, 0.4) is 0 Å². The lowest BCUT2D eigenvalue weighted by Crippen LogP contribution is -2.24. The van der Waals surface area contributed by atoms with E-state index in [-0.39, 0.29) is 12.3 Å². The highest BCUT2D eigenvalue weighted by molar-refractivity contribution is 5.76. The van der Waals surface area contributed by atoms with Crippen LogP contribution in [-0.2, 0) is 17.8 Å². The smallest absolute Gasteiger partial charge is 0.227 e. The van der Waals surface area contributed by atoms with Gasteiger partial charge in [-0.2, -0.15) is 4.98 Å². The van der Waals surface area contributed by atoms with Gasteiger partial charge in [0.2, 0.25) is 17.6 Å². The van der Waals surface area contributed by atoms with E-state index in [1.165, 1.54) is 5.56 Å². The van der Waals surface area contributed by atoms with Gasteiger partial charge in [0.25, 0.3) is 0 Å². The topological polar surface area (TPSA) is 98.2 Å². The van der Waals surface area contributed by atoms with E-state index in [0.29, 0.717) is 36.4 Å². The van der Waals surface area contributed by atoms with E-state index < -0.39 is 0 Å². The lowest BCUT2D eigenvalue weighted by Gasteiger charge is -2.04. The molecule has 0 atom stereocenters. The van der Waals surface area contributed by atoms with Crippen molar-refractivity contribution in [2.24, 2.45) is 0 Å². The second kappa shape index (κ2) is 8.22. The molecular formula is C21H22N6O2. The highest BCUT2D eigenvalue weighted by Crippen LogP contribution is 2.20. The number of nitrogens with one attached hydrogen (secondary N) is 1. The third kappa shape index (κ3) is 4.31. The number of amides is 1. The van der Waals surface area contributed by atoms with Crippen LogP contribution in [-0.4, -0.2) is 30.6 Å². The van der Waals surface area contributed by atoms with Crippen molar-refractivity contribution < 1.29 is 9.32 Å². The molecule has 3 heterocycles. The van der Waals surface area contributed by atoms with Crippen molar-refractivity contribution in [3.05, 3.63) is 65.9 Å². The van der Waals surface area contributed by atoms with E-state index >= 15 is 0 Å². The van der Waals surface area contributed by atoms with E-state index in [2.05, 4.69) is 51.6 Å². The molecule has 0 aliphatic heterocycles. The van der Waals surface area contributed by atoms with Crippen molar-refractivity contribution >= 4 is 11.6 Å². The Balaban J connectivity index is 1.30. The van der Waals surface area contributed by atoms with Gasteiger partial charge in [-0.3, -0.25) is 9.20 Å². The number of aromatic nitrogens is 5. The zero-order valence-electron chi connectivity index (χ0n) is 16.4. The summed E-state index contributed by atoms with van der Waals surface area (Å²) in [6, 6.07) is 13.8. The molecule has 0 radical (unpaired) electrons. The van der Waals surface area contributed by atoms with Crippen molar-refractivity contribution in [1.29, 1.82) is 0 Å². The first-order valence-corrected chi connectivity index (χ1v) is 9.58. The molecule has 0 saturated heterocycles. The van der Waals surface area contributed by atoms with Crippen LogP contribution in [0.25, 0.3) is 17.0 Å². The van der Waals surface area contributed by atoms with E-state index in [1.807, 2.05) is 40.9 Å². The summed E-state index contributed by atoms with van der Waals surface area (Å²) in [6.45, 7) is 4.61. The first-order chi connectivity index (χ1) is 14.1. The van der Waals surface area contributed by atoms with Gasteiger partial charge in [0.1, 0.15) is 0 Å². The summed E-state index contributed by atoms with van der Waals surface area (Å²) in [4.78, 5) is 16.6. The van der Waals surface area contributed by atoms with Crippen LogP contribution in [0.4, 0.5) is 0 Å². The Hall–Kier alpha value is -3.55. The molecule has 8 heteroatoms. The molecule has 4 rings (SSSR count). The molecule has 0 unspecified atom stereocenters. The minimum Gasteiger partial charge on any atom is -0.349 e. The molecule has 0 aliphatic rings. The maximum atomic E-state index is 12.2. The fourth-order valence-electron chi connectivity index (χ4n) is 2.99. The molecule has 0 bridgehead atoms. The molecule has 0 fully saturated rings. The summed E-state index contributed by atoms with van der Waals surface area (Å²) in [5.41, 5.74) is 2.90. The standard InChI is InChI=1S/C21H22N6O2/c1-14(2)15-6-8-16(9-7-15)21-23-20(29-26-21)11-10-19(28)22-13-18-25-24-17-5-3-4-12-27(17)18/h3-9,12,14H,10-11,13H2,1-2H3,(H,22,28). The number of benzene rings is 1. The van der Waals surface area contributed by atoms with E-state index in [0.717, 1.165) is 11.2 Å². The molecule has 0 saturated carbocycles. The first kappa shape index (κ1) is 18.8. The number of carbonyl (C=O) groups excluding carboxylic acids is 1. The number of carbonyl (C=O) groups is 1. The lowest BCUT2D eigenvalue weighted by atomic mass is 10.0. The molecule has 148 valence electrons. The van der Waals surface area contributed by atoms with Gasteiger partial charge < -0.3 is 9.84 Å². The van der Waals surface area contributed by atoms with E-state index in [1.54, 1.807) is 0 Å². The Morgan fingerprint density at radius 1 is 1.14 bits per heavy atom. The molecule has 1 amide bonds. The van der Waals surface area contributed by atoms with Gasteiger partial charge >= 0.3 is 0 Å². The highest BCUT2D eigenvalue weighted by Gasteiger charge is 2.12. The summed E-state index contributed by atoms with van der Waals surface area (Å²) < 4.78 is 7.13. The second-order valence-electron chi connectivity index (χ2n) is 7.11. The van der Waals surface area contributed by atoms with Gasteiger partial charge in [-0.15, -0.1) is 10.2 Å². The first-order valence-electron chi connectivity index (χ1n) is 9.58. The molecule has 1 N–H and O–H groups in total. The predicted octanol–water partition coefficient (Wildman–Crippen LogP) is 3.15. The number of pyridine rings is 1. The minimum absolute atomic E-state index is 0.112. The number of hydrogen-bond donors (Lipinski definition) is 1. The van der Waals surface area contributed by atoms with Crippen molar-refractivity contribution in [2.75, 3.05) is 0 Å². The van der Waals surface area contributed by atoms with Gasteiger partial charge in [-0.05, 0) is 23.6 Å². The van der Waals surface area contributed by atoms with Crippen LogP contribution in [0.5, 0.6) is 0 Å². The lowest BCUT2D eigenvalue weighted by molar-refractivity contribution is -0.121. The fourth-order valence-corrected chi connectivity index (χ4v) is 2.99. The normalized spacial score (nSPS) is 11.3. The molecule has 3 aromatic heterocycles. The summed E-state index contributed by atoms with van der Waals surface area (Å²) in [5.74, 6) is 2.01. The molecule has 0 spiro atoms. The van der Waals surface area contributed by atoms with Crippen molar-refractivity contribution in [1.82, 2.24) is 30.1 Å². The van der Waals surface area contributed by atoms with Gasteiger partial charge in [0.15, 0.2) is 11.5 Å². The van der Waals surface area contributed by atoms with Crippen molar-refractivity contribution in [3.8, 4) is 11.4 Å². The van der Waals surface area contributed by atoms with Gasteiger partial charge in [0.05, 0.1) is 6.54 Å². The van der Waals surface area contributed by atoms with Gasteiger partial charge in [-0.25, -0.2) is 0 Å². The van der Waals surface area contributed by atoms with Crippen molar-refractivity contribution in [3.63, 3.8) is 0 Å². The number of hydrogen-bond acceptors (Lipinski definition) is 6. The van der Waals surface area contributed by atoms with Crippen LogP contribution in [0, 0.1) is 0 Å². The molecular weight excluding hydrogens is 368 g/mol. The van der Waals surface area contributed by atoms with Crippen LogP contribution >= 0.6 is 0 Å². The van der Waals surface area contributed by atoms with Crippen LogP contribution in [0.15, 0.2) is 53.2 Å². The van der Waals surface area contributed by atoms with Gasteiger partial charge in [-0.1, -0.05) is 49.3 Å². The van der Waals surface area contributed by atoms with Crippen LogP contribution in [0.1, 0.15) is 43.5 Å². The minimum atomic E-state index is -0.112. The molecule has 8 nitrogen and oxygen atoms in total. The molecule has 4 aromatic rings. The Labute approximate surface area is 168 Å². The second-order valence-corrected chi connectivity index (χ2v) is 7.11. The summed E-state index contributed by atoms with van der Waals surface area (Å²) in [7, 11) is 0. The maximum Gasteiger partial charge on any atom is 0.227 e. The average molecular weight is 390 g/mol. The number of fused-ring (bicyclic) bond motifs is 1. The molecule has 29 heavy (non-hydrogen) atoms. The largest absolute Gasteiger partial charge is 0.349 e. The quantitative estimate of drug-likeness (QED) is 0.520. The van der Waals surface area contributed by atoms with Crippen LogP contribution < -0.4 is 5.32 Å². The predicted molar refractivity (Wildman–Crippen MR) is 107 cm³/mol. The van der Waals surface area contributed by atoms with Gasteiger partial charge in [0, 0.05) is 24.6 Å². The summed E-state index contributed by atoms with van der Waals surface area (Å²) >= 11 is 0. The third-order valence-corrected chi connectivity index (χ3v) is 4.70. The van der Waals surface area contributed by atoms with E-state index in [9.17, 15) is 4.79 Å². The van der Waals surface area contributed by atoms with E-state index in [4.69, 9.17) is 4.52 Å². The molecule has 1 aromatic carbocycles. The SMILES string of the molecule is CC(C)c1ccc(-c2noc(CCC(=O)NCc3nnc4ccccn34)n2)cc1. The Morgan fingerprint density at radius 3 is 2.76 bits per heavy atom. The summed E-state index contributed by atoms with van der Waals surface area (Å²) in [6.07, 6.45) is 2.50. The molecule has 0 aliphatic carbocycles. The third-order valence-electron chi connectivity index (χ3n) is 4.70. The monoisotopic (exact) mass is 390 g/mol. The number of aryl methyl sites for hydroxylation is 1. The maximum absolute atomic E-state index is 12.2. The number of nitrogens with zero attached hydrogens (tertiary/aromatic N) is 5. The zero-order valence-corrected chi connectivity index (χ0v) is 16.4. The average Bonchev–Trinajstić information content (AvgIpc) is 3.38. The van der Waals surface area contributed by atoms with Crippen molar-refractivity contribution in [2.45, 2.75) is 39.2 Å². The number of rotatable bonds is 7. The Morgan fingerprint density at radius 2 is 1.97 bits per heavy atom. The summed E-state index contributed by atoms with van der Waals surface area (Å²) in [5, 5.41) is 15.0. The van der Waals surface area contributed by atoms with Crippen LogP contribution in [0.2, 0.25) is 0 Å². The fraction of sp³-hybridized carbons (Fsp3) is 0.286.